The molecule has 3 N–H and O–H groups in total. The van der Waals surface area contributed by atoms with E-state index in [-0.39, 0.29) is 18.0 Å². The number of carbonyl (C=O) groups excluding carboxylic acids is 1. The van der Waals surface area contributed by atoms with E-state index in [0.29, 0.717) is 12.6 Å². The van der Waals surface area contributed by atoms with Crippen molar-refractivity contribution in [3.63, 3.8) is 0 Å². The van der Waals surface area contributed by atoms with E-state index in [1.54, 1.807) is 0 Å². The third-order valence-electron chi connectivity index (χ3n) is 4.21. The topological polar surface area (TPSA) is 58.4 Å². The summed E-state index contributed by atoms with van der Waals surface area (Å²) in [5.74, 6) is 0.110. The molecule has 2 atom stereocenters. The molecule has 1 aliphatic carbocycles. The quantitative estimate of drug-likeness (QED) is 0.810. The average Bonchev–Trinajstić information content (AvgIpc) is 3.32. The predicted octanol–water partition coefficient (Wildman–Crippen LogP) is 2.42. The van der Waals surface area contributed by atoms with E-state index >= 15 is 0 Å². The fraction of sp³-hybridized carbons (Fsp3) is 0.588. The molecule has 0 spiro atoms. The highest BCUT2D eigenvalue weighted by Gasteiger charge is 2.35. The zero-order chi connectivity index (χ0) is 15.4. The molecule has 1 amide bonds. The van der Waals surface area contributed by atoms with Crippen molar-refractivity contribution in [3.05, 3.63) is 29.8 Å². The zero-order valence-electron chi connectivity index (χ0n) is 13.3. The number of carbonyl (C=O) groups is 1. The fourth-order valence-corrected chi connectivity index (χ4v) is 2.50. The van der Waals surface area contributed by atoms with Gasteiger partial charge in [0.2, 0.25) is 5.91 Å². The molecule has 0 aromatic heterocycles. The van der Waals surface area contributed by atoms with Crippen LogP contribution in [-0.4, -0.2) is 24.0 Å². The molecule has 2 rings (SSSR count). The second kappa shape index (κ2) is 6.94. The number of rotatable bonds is 7. The van der Waals surface area contributed by atoms with Gasteiger partial charge < -0.3 is 16.0 Å². The number of nitrogens with one attached hydrogen (secondary N) is 1. The van der Waals surface area contributed by atoms with Gasteiger partial charge in [-0.25, -0.2) is 0 Å². The summed E-state index contributed by atoms with van der Waals surface area (Å²) in [5.41, 5.74) is 7.88. The molecule has 1 saturated carbocycles. The Labute approximate surface area is 127 Å². The van der Waals surface area contributed by atoms with Gasteiger partial charge in [-0.2, -0.15) is 0 Å². The number of hydrogen-bond acceptors (Lipinski definition) is 3. The van der Waals surface area contributed by atoms with Crippen molar-refractivity contribution in [2.75, 3.05) is 4.90 Å². The van der Waals surface area contributed by atoms with Gasteiger partial charge in [0.05, 0.1) is 0 Å². The monoisotopic (exact) mass is 289 g/mol. The Bertz CT molecular complexity index is 467. The lowest BCUT2D eigenvalue weighted by atomic mass is 10.1. The minimum Gasteiger partial charge on any atom is -0.357 e. The van der Waals surface area contributed by atoms with Crippen LogP contribution in [0.15, 0.2) is 24.3 Å². The molecule has 0 bridgehead atoms. The molecular formula is C17H27N3O. The van der Waals surface area contributed by atoms with Gasteiger partial charge in [0.25, 0.3) is 0 Å². The molecule has 21 heavy (non-hydrogen) atoms. The van der Waals surface area contributed by atoms with Gasteiger partial charge in [-0.05, 0) is 50.8 Å². The summed E-state index contributed by atoms with van der Waals surface area (Å²) < 4.78 is 0. The van der Waals surface area contributed by atoms with Crippen molar-refractivity contribution < 1.29 is 4.79 Å². The first-order valence-corrected chi connectivity index (χ1v) is 7.94. The van der Waals surface area contributed by atoms with E-state index in [9.17, 15) is 4.79 Å². The van der Waals surface area contributed by atoms with E-state index in [4.69, 9.17) is 5.73 Å². The molecule has 116 valence electrons. The van der Waals surface area contributed by atoms with Crippen LogP contribution in [0.4, 0.5) is 5.69 Å². The molecule has 1 fully saturated rings. The molecule has 0 saturated heterocycles. The highest BCUT2D eigenvalue weighted by Crippen LogP contribution is 2.33. The summed E-state index contributed by atoms with van der Waals surface area (Å²) in [6.45, 7) is 6.67. The lowest BCUT2D eigenvalue weighted by Crippen LogP contribution is -2.48. The molecule has 1 aromatic rings. The first-order valence-electron chi connectivity index (χ1n) is 7.94. The Kier molecular flexibility index (Phi) is 5.23. The Morgan fingerprint density at radius 3 is 2.43 bits per heavy atom. The van der Waals surface area contributed by atoms with Gasteiger partial charge in [0.15, 0.2) is 0 Å². The van der Waals surface area contributed by atoms with Crippen molar-refractivity contribution in [2.24, 2.45) is 5.73 Å². The highest BCUT2D eigenvalue weighted by molar-refractivity contribution is 5.85. The van der Waals surface area contributed by atoms with Crippen LogP contribution in [0.5, 0.6) is 0 Å². The maximum absolute atomic E-state index is 12.4. The van der Waals surface area contributed by atoms with Gasteiger partial charge in [-0.1, -0.05) is 19.1 Å². The van der Waals surface area contributed by atoms with Gasteiger partial charge in [-0.3, -0.25) is 4.79 Å². The molecule has 0 aliphatic heterocycles. The summed E-state index contributed by atoms with van der Waals surface area (Å²) in [4.78, 5) is 14.7. The van der Waals surface area contributed by atoms with Crippen LogP contribution in [0.1, 0.15) is 45.6 Å². The normalized spacial score (nSPS) is 17.1. The Morgan fingerprint density at radius 2 is 1.95 bits per heavy atom. The van der Waals surface area contributed by atoms with E-state index in [1.807, 2.05) is 26.0 Å². The van der Waals surface area contributed by atoms with E-state index in [1.165, 1.54) is 12.8 Å². The maximum atomic E-state index is 12.4. The van der Waals surface area contributed by atoms with Crippen molar-refractivity contribution in [2.45, 2.75) is 64.7 Å². The number of anilines is 1. The van der Waals surface area contributed by atoms with Crippen LogP contribution < -0.4 is 16.0 Å². The van der Waals surface area contributed by atoms with E-state index < -0.39 is 0 Å². The van der Waals surface area contributed by atoms with Crippen molar-refractivity contribution in [1.29, 1.82) is 0 Å². The first kappa shape index (κ1) is 15.8. The second-order valence-corrected chi connectivity index (χ2v) is 6.00. The second-order valence-electron chi connectivity index (χ2n) is 6.00. The molecule has 0 radical (unpaired) electrons. The van der Waals surface area contributed by atoms with Crippen molar-refractivity contribution >= 4 is 11.6 Å². The summed E-state index contributed by atoms with van der Waals surface area (Å²) >= 11 is 0. The highest BCUT2D eigenvalue weighted by atomic mass is 16.2. The number of nitrogens with two attached hydrogens (primary N) is 1. The third kappa shape index (κ3) is 3.97. The first-order chi connectivity index (χ1) is 10.1. The number of hydrogen-bond donors (Lipinski definition) is 2. The fourth-order valence-electron chi connectivity index (χ4n) is 2.50. The minimum atomic E-state index is -0.143. The van der Waals surface area contributed by atoms with Crippen LogP contribution in [0.2, 0.25) is 0 Å². The molecule has 1 aromatic carbocycles. The third-order valence-corrected chi connectivity index (χ3v) is 4.21. The zero-order valence-corrected chi connectivity index (χ0v) is 13.3. The Hall–Kier alpha value is -1.55. The van der Waals surface area contributed by atoms with Crippen molar-refractivity contribution in [1.82, 2.24) is 5.32 Å². The van der Waals surface area contributed by atoms with Gasteiger partial charge in [0.1, 0.15) is 6.04 Å². The molecule has 2 unspecified atom stereocenters. The Balaban J connectivity index is 2.12. The summed E-state index contributed by atoms with van der Waals surface area (Å²) in [7, 11) is 0. The van der Waals surface area contributed by atoms with Gasteiger partial charge in [-0.15, -0.1) is 0 Å². The number of nitrogens with zero attached hydrogens (tertiary/aromatic N) is 1. The average molecular weight is 289 g/mol. The van der Waals surface area contributed by atoms with Crippen LogP contribution in [0.25, 0.3) is 0 Å². The van der Waals surface area contributed by atoms with Gasteiger partial charge >= 0.3 is 0 Å². The lowest BCUT2D eigenvalue weighted by Gasteiger charge is -2.31. The summed E-state index contributed by atoms with van der Waals surface area (Å²) in [6, 6.07) is 8.82. The minimum absolute atomic E-state index is 0.110. The van der Waals surface area contributed by atoms with Crippen LogP contribution in [-0.2, 0) is 11.3 Å². The van der Waals surface area contributed by atoms with E-state index in [0.717, 1.165) is 17.7 Å². The number of benzene rings is 1. The van der Waals surface area contributed by atoms with Crippen LogP contribution in [0, 0.1) is 0 Å². The largest absolute Gasteiger partial charge is 0.357 e. The molecule has 1 aliphatic rings. The number of amides is 1. The summed E-state index contributed by atoms with van der Waals surface area (Å²) in [6.07, 6.45) is 3.28. The summed E-state index contributed by atoms with van der Waals surface area (Å²) in [5, 5.41) is 3.08. The SMILES string of the molecule is CCC(C)NC(=O)C(C)N(c1ccc(CN)cc1)C1CC1. The standard InChI is InChI=1S/C17H27N3O/c1-4-12(2)19-17(21)13(3)20(16-9-10-16)15-7-5-14(11-18)6-8-15/h5-8,12-13,16H,4,9-11,18H2,1-3H3,(H,19,21). The predicted molar refractivity (Wildman–Crippen MR) is 87.2 cm³/mol. The van der Waals surface area contributed by atoms with Crippen LogP contribution in [0.3, 0.4) is 0 Å². The lowest BCUT2D eigenvalue weighted by molar-refractivity contribution is -0.122. The van der Waals surface area contributed by atoms with E-state index in [2.05, 4.69) is 29.3 Å². The smallest absolute Gasteiger partial charge is 0.242 e. The molecule has 4 nitrogen and oxygen atoms in total. The van der Waals surface area contributed by atoms with Gasteiger partial charge in [0, 0.05) is 24.3 Å². The van der Waals surface area contributed by atoms with Crippen molar-refractivity contribution in [3.8, 4) is 0 Å². The molecular weight excluding hydrogens is 262 g/mol. The molecule has 0 heterocycles. The van der Waals surface area contributed by atoms with Crippen LogP contribution >= 0.6 is 0 Å². The Morgan fingerprint density at radius 1 is 1.33 bits per heavy atom. The maximum Gasteiger partial charge on any atom is 0.242 e. The molecule has 4 heteroatoms.